The summed E-state index contributed by atoms with van der Waals surface area (Å²) in [5.41, 5.74) is 8.14. The molecule has 2 amide bonds. The molecule has 0 unspecified atom stereocenters. The normalized spacial score (nSPS) is 17.1. The first-order chi connectivity index (χ1) is 14.0. The highest BCUT2D eigenvalue weighted by molar-refractivity contribution is 6.06. The molecule has 0 bridgehead atoms. The maximum atomic E-state index is 13.4. The van der Waals surface area contributed by atoms with Gasteiger partial charge in [0.1, 0.15) is 0 Å². The number of fused-ring (bicyclic) bond motifs is 1. The summed E-state index contributed by atoms with van der Waals surface area (Å²) in [6, 6.07) is 11.6. The molecule has 3 heterocycles. The Kier molecular flexibility index (Phi) is 5.02. The molecule has 1 aliphatic heterocycles. The van der Waals surface area contributed by atoms with E-state index >= 15 is 0 Å². The molecule has 8 heteroatoms. The SMILES string of the molecule is CC(C)n1ncc2c(C(=O)N3CCO[C@@H](C(N)=O)C3)cc(-c3ccccc3)nc21. The van der Waals surface area contributed by atoms with Crippen LogP contribution >= 0.6 is 0 Å². The van der Waals surface area contributed by atoms with E-state index in [9.17, 15) is 9.59 Å². The van der Waals surface area contributed by atoms with E-state index in [-0.39, 0.29) is 25.1 Å². The number of hydrogen-bond acceptors (Lipinski definition) is 5. The number of morpholine rings is 1. The number of aromatic nitrogens is 3. The number of carbonyl (C=O) groups excluding carboxylic acids is 2. The zero-order valence-electron chi connectivity index (χ0n) is 16.4. The number of carbonyl (C=O) groups is 2. The van der Waals surface area contributed by atoms with Crippen molar-refractivity contribution in [2.75, 3.05) is 19.7 Å². The molecule has 1 fully saturated rings. The van der Waals surface area contributed by atoms with Gasteiger partial charge in [-0.15, -0.1) is 0 Å². The first kappa shape index (κ1) is 19.1. The lowest BCUT2D eigenvalue weighted by atomic mass is 10.1. The second kappa shape index (κ2) is 7.63. The minimum atomic E-state index is -0.794. The van der Waals surface area contributed by atoms with Gasteiger partial charge in [0.25, 0.3) is 5.91 Å². The van der Waals surface area contributed by atoms with Gasteiger partial charge in [-0.2, -0.15) is 5.10 Å². The van der Waals surface area contributed by atoms with E-state index in [0.717, 1.165) is 5.56 Å². The third-order valence-corrected chi connectivity index (χ3v) is 5.03. The van der Waals surface area contributed by atoms with Crippen molar-refractivity contribution in [1.29, 1.82) is 0 Å². The first-order valence-corrected chi connectivity index (χ1v) is 9.59. The minimum absolute atomic E-state index is 0.0941. The molecule has 3 aromatic rings. The van der Waals surface area contributed by atoms with E-state index in [1.807, 2.05) is 48.9 Å². The summed E-state index contributed by atoms with van der Waals surface area (Å²) in [7, 11) is 0. The predicted octanol–water partition coefficient (Wildman–Crippen LogP) is 2.01. The van der Waals surface area contributed by atoms with E-state index in [0.29, 0.717) is 28.8 Å². The van der Waals surface area contributed by atoms with Crippen molar-refractivity contribution < 1.29 is 14.3 Å². The number of primary amides is 1. The van der Waals surface area contributed by atoms with Crippen LogP contribution in [-0.2, 0) is 9.53 Å². The van der Waals surface area contributed by atoms with Gasteiger partial charge in [-0.05, 0) is 19.9 Å². The van der Waals surface area contributed by atoms with Crippen LogP contribution in [0.4, 0.5) is 0 Å². The van der Waals surface area contributed by atoms with Gasteiger partial charge < -0.3 is 15.4 Å². The standard InChI is InChI=1S/C21H23N5O3/c1-13(2)26-20-16(11-23-26)15(10-17(24-20)14-6-4-3-5-7-14)21(28)25-8-9-29-18(12-25)19(22)27/h3-7,10-11,13,18H,8-9,12H2,1-2H3,(H2,22,27)/t18-/m1/s1. The van der Waals surface area contributed by atoms with Gasteiger partial charge >= 0.3 is 0 Å². The molecule has 1 aliphatic rings. The Balaban J connectivity index is 1.82. The van der Waals surface area contributed by atoms with Crippen molar-refractivity contribution in [2.45, 2.75) is 26.0 Å². The number of hydrogen-bond donors (Lipinski definition) is 1. The molecule has 0 spiro atoms. The van der Waals surface area contributed by atoms with Crippen LogP contribution < -0.4 is 5.73 Å². The Labute approximate surface area is 168 Å². The second-order valence-corrected chi connectivity index (χ2v) is 7.35. The summed E-state index contributed by atoms with van der Waals surface area (Å²) in [6.45, 7) is 4.83. The van der Waals surface area contributed by atoms with Gasteiger partial charge in [-0.3, -0.25) is 9.59 Å². The van der Waals surface area contributed by atoms with E-state index in [1.165, 1.54) is 0 Å². The van der Waals surface area contributed by atoms with E-state index in [4.69, 9.17) is 15.5 Å². The monoisotopic (exact) mass is 393 g/mol. The van der Waals surface area contributed by atoms with Crippen molar-refractivity contribution >= 4 is 22.8 Å². The predicted molar refractivity (Wildman–Crippen MR) is 108 cm³/mol. The fourth-order valence-electron chi connectivity index (χ4n) is 3.51. The third kappa shape index (κ3) is 3.58. The summed E-state index contributed by atoms with van der Waals surface area (Å²) in [4.78, 5) is 31.3. The average molecular weight is 393 g/mol. The molecule has 150 valence electrons. The molecule has 2 aromatic heterocycles. The number of amides is 2. The molecular formula is C21H23N5O3. The number of pyridine rings is 1. The van der Waals surface area contributed by atoms with Crippen molar-refractivity contribution in [3.8, 4) is 11.3 Å². The molecule has 1 aromatic carbocycles. The van der Waals surface area contributed by atoms with Crippen molar-refractivity contribution in [2.24, 2.45) is 5.73 Å². The van der Waals surface area contributed by atoms with Crippen LogP contribution in [0.15, 0.2) is 42.6 Å². The molecule has 1 atom stereocenters. The average Bonchev–Trinajstić information content (AvgIpc) is 3.17. The number of ether oxygens (including phenoxy) is 1. The van der Waals surface area contributed by atoms with Crippen molar-refractivity contribution in [3.63, 3.8) is 0 Å². The first-order valence-electron chi connectivity index (χ1n) is 9.59. The van der Waals surface area contributed by atoms with Gasteiger partial charge in [0.05, 0.1) is 36.0 Å². The van der Waals surface area contributed by atoms with Gasteiger partial charge in [0.2, 0.25) is 5.91 Å². The van der Waals surface area contributed by atoms with Crippen LogP contribution in [0, 0.1) is 0 Å². The minimum Gasteiger partial charge on any atom is -0.367 e. The summed E-state index contributed by atoms with van der Waals surface area (Å²) in [5.74, 6) is -0.757. The van der Waals surface area contributed by atoms with Crippen LogP contribution in [-0.4, -0.2) is 57.3 Å². The number of rotatable bonds is 4. The number of nitrogens with zero attached hydrogens (tertiary/aromatic N) is 4. The van der Waals surface area contributed by atoms with Crippen LogP contribution in [0.25, 0.3) is 22.3 Å². The van der Waals surface area contributed by atoms with Gasteiger partial charge in [0, 0.05) is 18.2 Å². The van der Waals surface area contributed by atoms with Gasteiger partial charge in [0.15, 0.2) is 11.8 Å². The lowest BCUT2D eigenvalue weighted by molar-refractivity contribution is -0.133. The maximum absolute atomic E-state index is 13.4. The zero-order chi connectivity index (χ0) is 20.5. The van der Waals surface area contributed by atoms with Crippen LogP contribution in [0.5, 0.6) is 0 Å². The molecule has 4 rings (SSSR count). The highest BCUT2D eigenvalue weighted by atomic mass is 16.5. The number of nitrogens with two attached hydrogens (primary N) is 1. The van der Waals surface area contributed by atoms with Crippen molar-refractivity contribution in [3.05, 3.63) is 48.2 Å². The molecule has 0 aliphatic carbocycles. The zero-order valence-corrected chi connectivity index (χ0v) is 16.4. The summed E-state index contributed by atoms with van der Waals surface area (Å²) in [5, 5.41) is 5.13. The summed E-state index contributed by atoms with van der Waals surface area (Å²) in [6.07, 6.45) is 0.883. The van der Waals surface area contributed by atoms with Crippen molar-refractivity contribution in [1.82, 2.24) is 19.7 Å². The lowest BCUT2D eigenvalue weighted by Crippen LogP contribution is -2.50. The summed E-state index contributed by atoms with van der Waals surface area (Å²) >= 11 is 0. The molecule has 29 heavy (non-hydrogen) atoms. The molecule has 8 nitrogen and oxygen atoms in total. The maximum Gasteiger partial charge on any atom is 0.254 e. The largest absolute Gasteiger partial charge is 0.367 e. The smallest absolute Gasteiger partial charge is 0.254 e. The second-order valence-electron chi connectivity index (χ2n) is 7.35. The number of benzene rings is 1. The summed E-state index contributed by atoms with van der Waals surface area (Å²) < 4.78 is 7.18. The highest BCUT2D eigenvalue weighted by Crippen LogP contribution is 2.27. The molecule has 0 saturated carbocycles. The Morgan fingerprint density at radius 3 is 2.69 bits per heavy atom. The third-order valence-electron chi connectivity index (χ3n) is 5.03. The Morgan fingerprint density at radius 1 is 1.24 bits per heavy atom. The highest BCUT2D eigenvalue weighted by Gasteiger charge is 2.30. The van der Waals surface area contributed by atoms with Crippen LogP contribution in [0.2, 0.25) is 0 Å². The van der Waals surface area contributed by atoms with E-state index in [1.54, 1.807) is 17.2 Å². The molecular weight excluding hydrogens is 370 g/mol. The van der Waals surface area contributed by atoms with Crippen LogP contribution in [0.3, 0.4) is 0 Å². The molecule has 2 N–H and O–H groups in total. The van der Waals surface area contributed by atoms with E-state index < -0.39 is 12.0 Å². The van der Waals surface area contributed by atoms with Crippen LogP contribution in [0.1, 0.15) is 30.2 Å². The fraction of sp³-hybridized carbons (Fsp3) is 0.333. The van der Waals surface area contributed by atoms with E-state index in [2.05, 4.69) is 5.10 Å². The Hall–Kier alpha value is -3.26. The molecule has 1 saturated heterocycles. The molecule has 0 radical (unpaired) electrons. The van der Waals surface area contributed by atoms with Gasteiger partial charge in [-0.1, -0.05) is 30.3 Å². The topological polar surface area (TPSA) is 103 Å². The lowest BCUT2D eigenvalue weighted by Gasteiger charge is -2.31. The quantitative estimate of drug-likeness (QED) is 0.730. The fourth-order valence-corrected chi connectivity index (χ4v) is 3.51. The van der Waals surface area contributed by atoms with Gasteiger partial charge in [-0.25, -0.2) is 9.67 Å². The Morgan fingerprint density at radius 2 is 2.00 bits per heavy atom. The Bertz CT molecular complexity index is 1060.